The van der Waals surface area contributed by atoms with Crippen LogP contribution in [0.3, 0.4) is 0 Å². The van der Waals surface area contributed by atoms with Crippen molar-refractivity contribution in [2.75, 3.05) is 0 Å². The van der Waals surface area contributed by atoms with Crippen molar-refractivity contribution in [3.63, 3.8) is 0 Å². The molecule has 0 saturated heterocycles. The predicted molar refractivity (Wildman–Crippen MR) is 67.8 cm³/mol. The van der Waals surface area contributed by atoms with Gasteiger partial charge in [-0.15, -0.1) is 0 Å². The van der Waals surface area contributed by atoms with Crippen LogP contribution in [0.1, 0.15) is 11.7 Å². The van der Waals surface area contributed by atoms with E-state index in [1.54, 1.807) is 0 Å². The highest BCUT2D eigenvalue weighted by molar-refractivity contribution is 5.63. The average Bonchev–Trinajstić information content (AvgIpc) is 2.47. The van der Waals surface area contributed by atoms with Gasteiger partial charge in [-0.05, 0) is 16.7 Å². The van der Waals surface area contributed by atoms with Gasteiger partial charge < -0.3 is 5.11 Å². The van der Waals surface area contributed by atoms with Crippen LogP contribution in [0.5, 0.6) is 0 Å². The number of halogens is 4. The van der Waals surface area contributed by atoms with Crippen LogP contribution in [0.15, 0.2) is 54.6 Å². The largest absolute Gasteiger partial charge is 0.382 e. The fourth-order valence-electron chi connectivity index (χ4n) is 1.83. The molecule has 20 heavy (non-hydrogen) atoms. The molecule has 0 spiro atoms. The molecule has 1 nitrogen and oxygen atoms in total. The molecule has 1 atom stereocenters. The molecular formula is C15H12F4O. The van der Waals surface area contributed by atoms with E-state index in [0.717, 1.165) is 11.1 Å². The molecule has 0 aliphatic rings. The molecule has 0 fully saturated rings. The molecule has 0 amide bonds. The van der Waals surface area contributed by atoms with E-state index >= 15 is 0 Å². The van der Waals surface area contributed by atoms with Crippen LogP contribution in [-0.4, -0.2) is 17.5 Å². The second-order valence-electron chi connectivity index (χ2n) is 4.37. The summed E-state index contributed by atoms with van der Waals surface area (Å²) in [6.45, 7) is 0. The summed E-state index contributed by atoms with van der Waals surface area (Å²) in [5, 5.41) is 9.35. The van der Waals surface area contributed by atoms with E-state index in [9.17, 15) is 22.7 Å². The van der Waals surface area contributed by atoms with Gasteiger partial charge in [0.2, 0.25) is 0 Å². The molecule has 0 radical (unpaired) electrons. The van der Waals surface area contributed by atoms with Crippen molar-refractivity contribution in [3.8, 4) is 11.1 Å². The van der Waals surface area contributed by atoms with Gasteiger partial charge in [0, 0.05) is 0 Å². The van der Waals surface area contributed by atoms with Crippen LogP contribution in [0.25, 0.3) is 11.1 Å². The Morgan fingerprint density at radius 3 is 1.80 bits per heavy atom. The van der Waals surface area contributed by atoms with Crippen LogP contribution < -0.4 is 0 Å². The highest BCUT2D eigenvalue weighted by Gasteiger charge is 2.48. The molecule has 0 heterocycles. The predicted octanol–water partition coefficient (Wildman–Crippen LogP) is 4.29. The van der Waals surface area contributed by atoms with Crippen LogP contribution in [0.4, 0.5) is 17.6 Å². The zero-order chi connectivity index (χ0) is 14.8. The summed E-state index contributed by atoms with van der Waals surface area (Å²) in [5.41, 5.74) is 1.38. The van der Waals surface area contributed by atoms with E-state index in [2.05, 4.69) is 0 Å². The van der Waals surface area contributed by atoms with E-state index in [1.165, 1.54) is 24.3 Å². The molecule has 1 unspecified atom stereocenters. The number of hydrogen-bond acceptors (Lipinski definition) is 1. The SMILES string of the molecule is OC(c1ccc(-c2ccccc2)cc1)C(F)(F)C(F)F. The molecule has 0 aliphatic heterocycles. The number of benzene rings is 2. The Morgan fingerprint density at radius 1 is 0.800 bits per heavy atom. The van der Waals surface area contributed by atoms with Crippen LogP contribution in [-0.2, 0) is 0 Å². The van der Waals surface area contributed by atoms with Crippen LogP contribution >= 0.6 is 0 Å². The molecule has 0 bridgehead atoms. The van der Waals surface area contributed by atoms with Gasteiger partial charge in [0.25, 0.3) is 0 Å². The zero-order valence-electron chi connectivity index (χ0n) is 10.3. The topological polar surface area (TPSA) is 20.2 Å². The number of rotatable bonds is 4. The maximum atomic E-state index is 13.0. The number of alkyl halides is 4. The monoisotopic (exact) mass is 284 g/mol. The smallest absolute Gasteiger partial charge is 0.336 e. The minimum atomic E-state index is -4.46. The maximum Gasteiger partial charge on any atom is 0.336 e. The quantitative estimate of drug-likeness (QED) is 0.830. The maximum absolute atomic E-state index is 13.0. The Bertz CT molecular complexity index is 552. The number of aliphatic hydroxyl groups is 1. The summed E-state index contributed by atoms with van der Waals surface area (Å²) in [5.74, 6) is -4.46. The van der Waals surface area contributed by atoms with Gasteiger partial charge in [-0.2, -0.15) is 8.78 Å². The first kappa shape index (κ1) is 14.5. The first-order valence-electron chi connectivity index (χ1n) is 5.92. The van der Waals surface area contributed by atoms with E-state index in [-0.39, 0.29) is 5.56 Å². The second kappa shape index (κ2) is 5.63. The summed E-state index contributed by atoms with van der Waals surface area (Å²) >= 11 is 0. The highest BCUT2D eigenvalue weighted by Crippen LogP contribution is 2.36. The van der Waals surface area contributed by atoms with Gasteiger partial charge in [0.1, 0.15) is 6.10 Å². The lowest BCUT2D eigenvalue weighted by molar-refractivity contribution is -0.193. The summed E-state index contributed by atoms with van der Waals surface area (Å²) in [6.07, 6.45) is -6.43. The Balaban J connectivity index is 2.25. The summed E-state index contributed by atoms with van der Waals surface area (Å²) in [4.78, 5) is 0. The molecular weight excluding hydrogens is 272 g/mol. The second-order valence-corrected chi connectivity index (χ2v) is 4.37. The molecule has 2 rings (SSSR count). The average molecular weight is 284 g/mol. The first-order chi connectivity index (χ1) is 9.43. The van der Waals surface area contributed by atoms with Crippen LogP contribution in [0, 0.1) is 0 Å². The summed E-state index contributed by atoms with van der Waals surface area (Å²) in [6, 6.07) is 14.6. The number of hydrogen-bond donors (Lipinski definition) is 1. The summed E-state index contributed by atoms with van der Waals surface area (Å²) < 4.78 is 50.5. The standard InChI is InChI=1S/C15H12F4O/c16-14(17)15(18,19)13(20)12-8-6-11(7-9-12)10-4-2-1-3-5-10/h1-9,13-14,20H. The van der Waals surface area contributed by atoms with Crippen molar-refractivity contribution in [3.05, 3.63) is 60.2 Å². The van der Waals surface area contributed by atoms with Crippen molar-refractivity contribution in [2.24, 2.45) is 0 Å². The first-order valence-corrected chi connectivity index (χ1v) is 5.92. The normalized spacial score (nSPS) is 13.5. The van der Waals surface area contributed by atoms with Gasteiger partial charge in [0.15, 0.2) is 0 Å². The van der Waals surface area contributed by atoms with Gasteiger partial charge in [-0.3, -0.25) is 0 Å². The van der Waals surface area contributed by atoms with Crippen LogP contribution in [0.2, 0.25) is 0 Å². The van der Waals surface area contributed by atoms with Gasteiger partial charge >= 0.3 is 12.3 Å². The van der Waals surface area contributed by atoms with E-state index < -0.39 is 18.5 Å². The molecule has 106 valence electrons. The van der Waals surface area contributed by atoms with E-state index in [4.69, 9.17) is 0 Å². The molecule has 5 heteroatoms. The van der Waals surface area contributed by atoms with Gasteiger partial charge in [-0.25, -0.2) is 8.78 Å². The van der Waals surface area contributed by atoms with Crippen molar-refractivity contribution in [2.45, 2.75) is 18.5 Å². The minimum absolute atomic E-state index is 0.241. The Labute approximate surface area is 113 Å². The van der Waals surface area contributed by atoms with Gasteiger partial charge in [0.05, 0.1) is 0 Å². The van der Waals surface area contributed by atoms with Gasteiger partial charge in [-0.1, -0.05) is 54.6 Å². The molecule has 0 saturated carbocycles. The lowest BCUT2D eigenvalue weighted by Crippen LogP contribution is -2.34. The molecule has 2 aromatic rings. The molecule has 1 N–H and O–H groups in total. The third kappa shape index (κ3) is 2.82. The number of aliphatic hydroxyl groups excluding tert-OH is 1. The highest BCUT2D eigenvalue weighted by atomic mass is 19.3. The Hall–Kier alpha value is -1.88. The molecule has 2 aromatic carbocycles. The lowest BCUT2D eigenvalue weighted by Gasteiger charge is -2.22. The fraction of sp³-hybridized carbons (Fsp3) is 0.200. The van der Waals surface area contributed by atoms with E-state index in [1.807, 2.05) is 30.3 Å². The van der Waals surface area contributed by atoms with E-state index in [0.29, 0.717) is 0 Å². The minimum Gasteiger partial charge on any atom is -0.382 e. The zero-order valence-corrected chi connectivity index (χ0v) is 10.3. The summed E-state index contributed by atoms with van der Waals surface area (Å²) in [7, 11) is 0. The third-order valence-corrected chi connectivity index (χ3v) is 2.99. The lowest BCUT2D eigenvalue weighted by atomic mass is 9.99. The Kier molecular flexibility index (Phi) is 4.09. The van der Waals surface area contributed by atoms with Crippen molar-refractivity contribution < 1.29 is 22.7 Å². The third-order valence-electron chi connectivity index (χ3n) is 2.99. The molecule has 0 aromatic heterocycles. The Morgan fingerprint density at radius 2 is 1.30 bits per heavy atom. The fourth-order valence-corrected chi connectivity index (χ4v) is 1.83. The van der Waals surface area contributed by atoms with Crippen molar-refractivity contribution in [1.29, 1.82) is 0 Å². The van der Waals surface area contributed by atoms with Crippen molar-refractivity contribution >= 4 is 0 Å². The molecule has 0 aliphatic carbocycles. The van der Waals surface area contributed by atoms with Crippen molar-refractivity contribution in [1.82, 2.24) is 0 Å².